The van der Waals surface area contributed by atoms with Crippen LogP contribution in [-0.2, 0) is 28.6 Å². The number of nitrogens with zero attached hydrogens (tertiary/aromatic N) is 3. The number of ether oxygens (including phenoxy) is 3. The lowest BCUT2D eigenvalue weighted by Crippen LogP contribution is -2.43. The summed E-state index contributed by atoms with van der Waals surface area (Å²) in [5.41, 5.74) is 4.06. The van der Waals surface area contributed by atoms with Gasteiger partial charge in [-0.25, -0.2) is 0 Å². The number of carbonyl (C=O) groups is 3. The van der Waals surface area contributed by atoms with Crippen molar-refractivity contribution < 1.29 is 28.6 Å². The molecular formula is C20H31N5O6. The highest BCUT2D eigenvalue weighted by molar-refractivity contribution is 6.18. The van der Waals surface area contributed by atoms with E-state index in [4.69, 9.17) is 19.9 Å². The van der Waals surface area contributed by atoms with Crippen molar-refractivity contribution >= 4 is 35.4 Å². The topological polar surface area (TPSA) is 146 Å². The van der Waals surface area contributed by atoms with Gasteiger partial charge in [0, 0.05) is 19.2 Å². The Morgan fingerprint density at radius 3 is 2.03 bits per heavy atom. The van der Waals surface area contributed by atoms with E-state index in [1.54, 1.807) is 41.5 Å². The molecule has 0 atom stereocenters. The molecule has 1 aromatic rings. The Hall–Kier alpha value is -2.95. The van der Waals surface area contributed by atoms with Crippen molar-refractivity contribution in [1.29, 1.82) is 0 Å². The molecule has 0 spiro atoms. The van der Waals surface area contributed by atoms with E-state index < -0.39 is 35.0 Å². The molecule has 1 aliphatic rings. The number of aromatic nitrogens is 2. The second-order valence-corrected chi connectivity index (χ2v) is 9.07. The third-order valence-corrected chi connectivity index (χ3v) is 3.83. The summed E-state index contributed by atoms with van der Waals surface area (Å²) < 4.78 is 15.8. The van der Waals surface area contributed by atoms with E-state index in [1.807, 2.05) is 4.90 Å². The molecular weight excluding hydrogens is 406 g/mol. The van der Waals surface area contributed by atoms with Crippen LogP contribution in [0, 0.1) is 5.92 Å². The first-order valence-electron chi connectivity index (χ1n) is 9.99. The van der Waals surface area contributed by atoms with Gasteiger partial charge in [-0.1, -0.05) is 0 Å². The summed E-state index contributed by atoms with van der Waals surface area (Å²) >= 11 is 0. The number of hydrogen-bond acceptors (Lipinski definition) is 10. The number of esters is 2. The van der Waals surface area contributed by atoms with Crippen LogP contribution in [0.2, 0.25) is 0 Å². The van der Waals surface area contributed by atoms with Crippen LogP contribution in [-0.4, -0.2) is 65.3 Å². The lowest BCUT2D eigenvalue weighted by molar-refractivity contribution is -0.175. The highest BCUT2D eigenvalue weighted by atomic mass is 16.6. The van der Waals surface area contributed by atoms with Gasteiger partial charge in [0.2, 0.25) is 11.9 Å². The van der Waals surface area contributed by atoms with Crippen LogP contribution in [0.4, 0.5) is 17.6 Å². The summed E-state index contributed by atoms with van der Waals surface area (Å²) in [6, 6.07) is 1.34. The Kier molecular flexibility index (Phi) is 7.42. The fourth-order valence-corrected chi connectivity index (χ4v) is 2.65. The zero-order valence-electron chi connectivity index (χ0n) is 18.9. The van der Waals surface area contributed by atoms with Gasteiger partial charge in [0.05, 0.1) is 13.2 Å². The molecule has 0 unspecified atom stereocenters. The number of carbonyl (C=O) groups excluding carboxylic acids is 3. The Labute approximate surface area is 181 Å². The number of amides is 1. The van der Waals surface area contributed by atoms with Gasteiger partial charge in [-0.15, -0.1) is 0 Å². The molecule has 0 aromatic carbocycles. The molecule has 1 aromatic heterocycles. The van der Waals surface area contributed by atoms with Crippen LogP contribution >= 0.6 is 0 Å². The number of morpholine rings is 1. The van der Waals surface area contributed by atoms with Crippen molar-refractivity contribution in [3.05, 3.63) is 6.07 Å². The van der Waals surface area contributed by atoms with E-state index >= 15 is 0 Å². The van der Waals surface area contributed by atoms with E-state index in [1.165, 1.54) is 6.07 Å². The summed E-state index contributed by atoms with van der Waals surface area (Å²) in [5, 5.41) is 2.47. The molecule has 0 bridgehead atoms. The summed E-state index contributed by atoms with van der Waals surface area (Å²) in [4.78, 5) is 48.5. The lowest BCUT2D eigenvalue weighted by Gasteiger charge is -2.27. The minimum Gasteiger partial charge on any atom is -0.459 e. The van der Waals surface area contributed by atoms with E-state index in [0.717, 1.165) is 0 Å². The molecule has 1 aliphatic heterocycles. The third kappa shape index (κ3) is 7.67. The number of nitrogens with one attached hydrogen (secondary N) is 1. The summed E-state index contributed by atoms with van der Waals surface area (Å²) in [7, 11) is 0. The van der Waals surface area contributed by atoms with Gasteiger partial charge >= 0.3 is 11.9 Å². The normalized spacial score (nSPS) is 14.9. The minimum absolute atomic E-state index is 0.0520. The molecule has 3 N–H and O–H groups in total. The first kappa shape index (κ1) is 24.3. The molecule has 172 valence electrons. The van der Waals surface area contributed by atoms with Crippen LogP contribution in [0.15, 0.2) is 6.07 Å². The maximum Gasteiger partial charge on any atom is 0.330 e. The Bertz CT molecular complexity index is 796. The molecule has 0 saturated carbocycles. The van der Waals surface area contributed by atoms with E-state index in [-0.39, 0.29) is 11.6 Å². The summed E-state index contributed by atoms with van der Waals surface area (Å²) in [6.07, 6.45) is 0. The SMILES string of the molecule is CC(C)(C)OC(=O)C(C(=O)Nc1cc(N)nc(N2CCOCC2)n1)C(=O)OC(C)(C)C. The Morgan fingerprint density at radius 1 is 1.03 bits per heavy atom. The predicted molar refractivity (Wildman–Crippen MR) is 113 cm³/mol. The van der Waals surface area contributed by atoms with Crippen LogP contribution in [0.25, 0.3) is 0 Å². The van der Waals surface area contributed by atoms with Gasteiger partial charge in [-0.2, -0.15) is 9.97 Å². The highest BCUT2D eigenvalue weighted by Gasteiger charge is 2.41. The molecule has 0 radical (unpaired) electrons. The minimum atomic E-state index is -1.83. The third-order valence-electron chi connectivity index (χ3n) is 3.83. The number of rotatable bonds is 5. The number of anilines is 3. The van der Waals surface area contributed by atoms with Crippen molar-refractivity contribution in [2.24, 2.45) is 5.92 Å². The molecule has 2 rings (SSSR count). The van der Waals surface area contributed by atoms with Crippen molar-refractivity contribution in [1.82, 2.24) is 9.97 Å². The van der Waals surface area contributed by atoms with Crippen molar-refractivity contribution in [3.8, 4) is 0 Å². The predicted octanol–water partition coefficient (Wildman–Crippen LogP) is 1.13. The maximum atomic E-state index is 12.9. The molecule has 1 fully saturated rings. The number of hydrogen-bond donors (Lipinski definition) is 2. The molecule has 11 nitrogen and oxygen atoms in total. The maximum absolute atomic E-state index is 12.9. The molecule has 1 amide bonds. The molecule has 31 heavy (non-hydrogen) atoms. The average Bonchev–Trinajstić information content (AvgIpc) is 2.58. The molecule has 1 saturated heterocycles. The standard InChI is InChI=1S/C20H31N5O6/c1-19(2,3)30-16(27)14(17(28)31-20(4,5)6)15(26)23-13-11-12(21)22-18(24-13)25-7-9-29-10-8-25/h11,14H,7-10H2,1-6H3,(H3,21,22,23,24,26). The largest absolute Gasteiger partial charge is 0.459 e. The lowest BCUT2D eigenvalue weighted by atomic mass is 10.1. The first-order chi connectivity index (χ1) is 14.2. The van der Waals surface area contributed by atoms with Crippen molar-refractivity contribution in [2.75, 3.05) is 42.3 Å². The van der Waals surface area contributed by atoms with Crippen molar-refractivity contribution in [2.45, 2.75) is 52.7 Å². The zero-order chi connectivity index (χ0) is 23.4. The average molecular weight is 437 g/mol. The Balaban J connectivity index is 2.26. The Morgan fingerprint density at radius 2 is 1.55 bits per heavy atom. The second-order valence-electron chi connectivity index (χ2n) is 9.07. The monoisotopic (exact) mass is 437 g/mol. The number of nitrogen functional groups attached to an aromatic ring is 1. The quantitative estimate of drug-likeness (QED) is 0.508. The van der Waals surface area contributed by atoms with Gasteiger partial charge in [0.1, 0.15) is 22.8 Å². The summed E-state index contributed by atoms with van der Waals surface area (Å²) in [6.45, 7) is 12.0. The van der Waals surface area contributed by atoms with Gasteiger partial charge in [0.15, 0.2) is 0 Å². The molecule has 11 heteroatoms. The first-order valence-corrected chi connectivity index (χ1v) is 9.99. The van der Waals surface area contributed by atoms with E-state index in [2.05, 4.69) is 15.3 Å². The van der Waals surface area contributed by atoms with Gasteiger partial charge in [-0.05, 0) is 41.5 Å². The van der Waals surface area contributed by atoms with Crippen LogP contribution < -0.4 is 16.0 Å². The fraction of sp³-hybridized carbons (Fsp3) is 0.650. The van der Waals surface area contributed by atoms with E-state index in [0.29, 0.717) is 32.3 Å². The zero-order valence-corrected chi connectivity index (χ0v) is 18.9. The number of nitrogens with two attached hydrogens (primary N) is 1. The smallest absolute Gasteiger partial charge is 0.330 e. The van der Waals surface area contributed by atoms with Gasteiger partial charge in [0.25, 0.3) is 5.91 Å². The van der Waals surface area contributed by atoms with Crippen molar-refractivity contribution in [3.63, 3.8) is 0 Å². The molecule has 0 aliphatic carbocycles. The van der Waals surface area contributed by atoms with Crippen LogP contribution in [0.1, 0.15) is 41.5 Å². The molecule has 2 heterocycles. The highest BCUT2D eigenvalue weighted by Crippen LogP contribution is 2.20. The van der Waals surface area contributed by atoms with E-state index in [9.17, 15) is 14.4 Å². The fourth-order valence-electron chi connectivity index (χ4n) is 2.65. The van der Waals surface area contributed by atoms with Crippen LogP contribution in [0.5, 0.6) is 0 Å². The summed E-state index contributed by atoms with van der Waals surface area (Å²) in [5.74, 6) is -4.32. The van der Waals surface area contributed by atoms with Gasteiger partial charge in [-0.3, -0.25) is 14.4 Å². The van der Waals surface area contributed by atoms with Gasteiger partial charge < -0.3 is 30.2 Å². The second kappa shape index (κ2) is 9.46. The van der Waals surface area contributed by atoms with Crippen LogP contribution in [0.3, 0.4) is 0 Å².